The number of hydrogen-bond donors (Lipinski definition) is 0. The SMILES string of the molecule is CC(C)N(CC#N)C(=O)c1ccnnc1. The van der Waals surface area contributed by atoms with E-state index in [-0.39, 0.29) is 18.5 Å². The summed E-state index contributed by atoms with van der Waals surface area (Å²) < 4.78 is 0. The van der Waals surface area contributed by atoms with Crippen LogP contribution in [0.1, 0.15) is 24.2 Å². The van der Waals surface area contributed by atoms with E-state index in [1.54, 1.807) is 6.07 Å². The molecule has 1 aromatic heterocycles. The number of carbonyl (C=O) groups excluding carboxylic acids is 1. The van der Waals surface area contributed by atoms with Gasteiger partial charge in [0.1, 0.15) is 6.54 Å². The monoisotopic (exact) mass is 204 g/mol. The normalized spacial score (nSPS) is 9.73. The van der Waals surface area contributed by atoms with Crippen molar-refractivity contribution in [3.8, 4) is 6.07 Å². The van der Waals surface area contributed by atoms with E-state index in [4.69, 9.17) is 5.26 Å². The first-order chi connectivity index (χ1) is 7.16. The van der Waals surface area contributed by atoms with Crippen LogP contribution in [0.4, 0.5) is 0 Å². The van der Waals surface area contributed by atoms with Gasteiger partial charge in [-0.05, 0) is 19.9 Å². The van der Waals surface area contributed by atoms with Crippen LogP contribution < -0.4 is 0 Å². The van der Waals surface area contributed by atoms with Crippen molar-refractivity contribution in [1.29, 1.82) is 5.26 Å². The highest BCUT2D eigenvalue weighted by Gasteiger charge is 2.18. The second-order valence-corrected chi connectivity index (χ2v) is 3.32. The fourth-order valence-electron chi connectivity index (χ4n) is 1.15. The van der Waals surface area contributed by atoms with Gasteiger partial charge >= 0.3 is 0 Å². The molecule has 0 fully saturated rings. The molecule has 0 spiro atoms. The summed E-state index contributed by atoms with van der Waals surface area (Å²) in [5, 5.41) is 15.8. The number of hydrogen-bond acceptors (Lipinski definition) is 4. The maximum atomic E-state index is 11.9. The van der Waals surface area contributed by atoms with Crippen molar-refractivity contribution in [3.05, 3.63) is 24.0 Å². The summed E-state index contributed by atoms with van der Waals surface area (Å²) in [5.41, 5.74) is 0.453. The lowest BCUT2D eigenvalue weighted by Gasteiger charge is -2.23. The lowest BCUT2D eigenvalue weighted by molar-refractivity contribution is 0.0730. The Bertz CT molecular complexity index is 369. The van der Waals surface area contributed by atoms with Gasteiger partial charge in [-0.2, -0.15) is 15.5 Å². The van der Waals surface area contributed by atoms with Crippen LogP contribution in [0, 0.1) is 11.3 Å². The second-order valence-electron chi connectivity index (χ2n) is 3.32. The van der Waals surface area contributed by atoms with Crippen molar-refractivity contribution in [2.45, 2.75) is 19.9 Å². The number of amides is 1. The molecule has 0 aliphatic rings. The average molecular weight is 204 g/mol. The Morgan fingerprint density at radius 3 is 2.80 bits per heavy atom. The summed E-state index contributed by atoms with van der Waals surface area (Å²) in [6, 6.07) is 3.55. The summed E-state index contributed by atoms with van der Waals surface area (Å²) >= 11 is 0. The molecule has 0 saturated carbocycles. The third-order valence-electron chi connectivity index (χ3n) is 1.96. The maximum Gasteiger partial charge on any atom is 0.256 e. The van der Waals surface area contributed by atoms with E-state index in [1.165, 1.54) is 17.3 Å². The Labute approximate surface area is 88.3 Å². The molecule has 0 aliphatic heterocycles. The van der Waals surface area contributed by atoms with E-state index in [0.717, 1.165) is 0 Å². The lowest BCUT2D eigenvalue weighted by Crippen LogP contribution is -2.37. The van der Waals surface area contributed by atoms with Crippen LogP contribution in [0.15, 0.2) is 18.5 Å². The first-order valence-electron chi connectivity index (χ1n) is 4.61. The summed E-state index contributed by atoms with van der Waals surface area (Å²) in [5.74, 6) is -0.193. The Morgan fingerprint density at radius 2 is 2.33 bits per heavy atom. The van der Waals surface area contributed by atoms with Gasteiger partial charge in [0.15, 0.2) is 0 Å². The van der Waals surface area contributed by atoms with Gasteiger partial charge in [0.25, 0.3) is 5.91 Å². The van der Waals surface area contributed by atoms with Gasteiger partial charge in [0.2, 0.25) is 0 Å². The third-order valence-corrected chi connectivity index (χ3v) is 1.96. The van der Waals surface area contributed by atoms with Gasteiger partial charge < -0.3 is 4.90 Å². The van der Waals surface area contributed by atoms with E-state index < -0.39 is 0 Å². The molecule has 0 bridgehead atoms. The molecular weight excluding hydrogens is 192 g/mol. The summed E-state index contributed by atoms with van der Waals surface area (Å²) in [6.07, 6.45) is 2.85. The molecule has 0 unspecified atom stereocenters. The molecule has 1 amide bonds. The first kappa shape index (κ1) is 11.1. The lowest BCUT2D eigenvalue weighted by atomic mass is 10.2. The third kappa shape index (κ3) is 2.74. The number of nitriles is 1. The van der Waals surface area contributed by atoms with E-state index in [1.807, 2.05) is 19.9 Å². The molecule has 1 rings (SSSR count). The molecule has 0 atom stereocenters. The van der Waals surface area contributed by atoms with Gasteiger partial charge in [0.05, 0.1) is 24.0 Å². The van der Waals surface area contributed by atoms with Gasteiger partial charge in [-0.1, -0.05) is 0 Å². The van der Waals surface area contributed by atoms with Crippen LogP contribution in [0.5, 0.6) is 0 Å². The zero-order valence-electron chi connectivity index (χ0n) is 8.71. The van der Waals surface area contributed by atoms with Crippen molar-refractivity contribution in [2.75, 3.05) is 6.54 Å². The molecule has 5 nitrogen and oxygen atoms in total. The van der Waals surface area contributed by atoms with Crippen LogP contribution in [0.3, 0.4) is 0 Å². The topological polar surface area (TPSA) is 69.9 Å². The summed E-state index contributed by atoms with van der Waals surface area (Å²) in [7, 11) is 0. The zero-order valence-corrected chi connectivity index (χ0v) is 8.71. The highest BCUT2D eigenvalue weighted by Crippen LogP contribution is 2.05. The molecule has 15 heavy (non-hydrogen) atoms. The Hall–Kier alpha value is -1.96. The molecule has 0 aliphatic carbocycles. The molecule has 1 aromatic rings. The Balaban J connectivity index is 2.87. The first-order valence-corrected chi connectivity index (χ1v) is 4.61. The van der Waals surface area contributed by atoms with Crippen LogP contribution in [0.25, 0.3) is 0 Å². The van der Waals surface area contributed by atoms with Crippen molar-refractivity contribution >= 4 is 5.91 Å². The van der Waals surface area contributed by atoms with Crippen LogP contribution in [-0.4, -0.2) is 33.6 Å². The standard InChI is InChI=1S/C10H12N4O/c1-8(2)14(6-4-11)10(15)9-3-5-12-13-7-9/h3,5,7-8H,6H2,1-2H3. The van der Waals surface area contributed by atoms with E-state index in [0.29, 0.717) is 5.56 Å². The molecule has 0 saturated heterocycles. The second kappa shape index (κ2) is 5.05. The van der Waals surface area contributed by atoms with Crippen LogP contribution >= 0.6 is 0 Å². The predicted octanol–water partition coefficient (Wildman–Crippen LogP) is 0.851. The highest BCUT2D eigenvalue weighted by molar-refractivity contribution is 5.94. The van der Waals surface area contributed by atoms with Gasteiger partial charge in [-0.3, -0.25) is 4.79 Å². The minimum Gasteiger partial charge on any atom is -0.323 e. The van der Waals surface area contributed by atoms with E-state index in [2.05, 4.69) is 10.2 Å². The van der Waals surface area contributed by atoms with Crippen LogP contribution in [0.2, 0.25) is 0 Å². The molecule has 0 N–H and O–H groups in total. The molecule has 0 aromatic carbocycles. The zero-order chi connectivity index (χ0) is 11.3. The Kier molecular flexibility index (Phi) is 3.75. The Morgan fingerprint density at radius 1 is 1.60 bits per heavy atom. The minimum atomic E-state index is -0.193. The average Bonchev–Trinajstić information content (AvgIpc) is 2.26. The van der Waals surface area contributed by atoms with Crippen molar-refractivity contribution in [1.82, 2.24) is 15.1 Å². The van der Waals surface area contributed by atoms with Gasteiger partial charge in [-0.25, -0.2) is 0 Å². The number of aromatic nitrogens is 2. The quantitative estimate of drug-likeness (QED) is 0.684. The number of carbonyl (C=O) groups is 1. The maximum absolute atomic E-state index is 11.9. The molecule has 5 heteroatoms. The van der Waals surface area contributed by atoms with Crippen molar-refractivity contribution < 1.29 is 4.79 Å². The number of rotatable bonds is 3. The van der Waals surface area contributed by atoms with Gasteiger partial charge in [-0.15, -0.1) is 0 Å². The molecule has 1 heterocycles. The predicted molar refractivity (Wildman–Crippen MR) is 53.8 cm³/mol. The summed E-state index contributed by atoms with van der Waals surface area (Å²) in [6.45, 7) is 3.81. The van der Waals surface area contributed by atoms with E-state index in [9.17, 15) is 4.79 Å². The summed E-state index contributed by atoms with van der Waals surface area (Å²) in [4.78, 5) is 13.4. The van der Waals surface area contributed by atoms with Crippen molar-refractivity contribution in [3.63, 3.8) is 0 Å². The fraction of sp³-hybridized carbons (Fsp3) is 0.400. The fourth-order valence-corrected chi connectivity index (χ4v) is 1.15. The minimum absolute atomic E-state index is 0.00897. The van der Waals surface area contributed by atoms with Crippen molar-refractivity contribution in [2.24, 2.45) is 0 Å². The molecule has 0 radical (unpaired) electrons. The number of nitrogens with zero attached hydrogens (tertiary/aromatic N) is 4. The van der Waals surface area contributed by atoms with Gasteiger partial charge in [0, 0.05) is 6.04 Å². The largest absolute Gasteiger partial charge is 0.323 e. The smallest absolute Gasteiger partial charge is 0.256 e. The molecular formula is C10H12N4O. The van der Waals surface area contributed by atoms with Crippen LogP contribution in [-0.2, 0) is 0 Å². The highest BCUT2D eigenvalue weighted by atomic mass is 16.2. The van der Waals surface area contributed by atoms with E-state index >= 15 is 0 Å². The molecule has 78 valence electrons.